The highest BCUT2D eigenvalue weighted by Crippen LogP contribution is 2.12. The van der Waals surface area contributed by atoms with Crippen molar-refractivity contribution < 1.29 is 9.90 Å². The maximum atomic E-state index is 10.7. The summed E-state index contributed by atoms with van der Waals surface area (Å²) in [5, 5.41) is 17.4. The zero-order chi connectivity index (χ0) is 10.0. The number of hydrogen-bond donors (Lipinski definition) is 1. The van der Waals surface area contributed by atoms with Crippen LogP contribution in [0.5, 0.6) is 0 Å². The number of aromatic nitrogens is 1. The molecular formula is C9H8N2O2. The van der Waals surface area contributed by atoms with Crippen LogP contribution in [0.1, 0.15) is 27.3 Å². The second-order valence-corrected chi connectivity index (χ2v) is 2.70. The Balaban J connectivity index is 3.47. The topological polar surface area (TPSA) is 74.0 Å². The van der Waals surface area contributed by atoms with Gasteiger partial charge >= 0.3 is 5.97 Å². The first-order valence-electron chi connectivity index (χ1n) is 3.68. The first kappa shape index (κ1) is 9.20. The second kappa shape index (κ2) is 3.23. The molecular weight excluding hydrogens is 168 g/mol. The molecule has 0 saturated carbocycles. The maximum absolute atomic E-state index is 10.7. The van der Waals surface area contributed by atoms with Crippen molar-refractivity contribution in [2.45, 2.75) is 13.8 Å². The molecule has 1 aromatic heterocycles. The highest BCUT2D eigenvalue weighted by molar-refractivity contribution is 5.89. The summed E-state index contributed by atoms with van der Waals surface area (Å²) in [6.45, 7) is 3.24. The van der Waals surface area contributed by atoms with Gasteiger partial charge in [0.05, 0.1) is 5.56 Å². The highest BCUT2D eigenvalue weighted by atomic mass is 16.4. The molecule has 0 unspecified atom stereocenters. The minimum absolute atomic E-state index is 0.143. The van der Waals surface area contributed by atoms with Crippen LogP contribution in [0.25, 0.3) is 0 Å². The third kappa shape index (κ3) is 1.64. The fraction of sp³-hybridized carbons (Fsp3) is 0.222. The average Bonchev–Trinajstić information content (AvgIpc) is 2.08. The Morgan fingerprint density at radius 1 is 1.62 bits per heavy atom. The van der Waals surface area contributed by atoms with Crippen LogP contribution in [0.2, 0.25) is 0 Å². The summed E-state index contributed by atoms with van der Waals surface area (Å²) in [6, 6.07) is 3.31. The zero-order valence-electron chi connectivity index (χ0n) is 7.33. The Morgan fingerprint density at radius 2 is 2.23 bits per heavy atom. The SMILES string of the molecule is Cc1cc(C(=O)O)c(C)c(C#N)n1. The number of carboxylic acids is 1. The van der Waals surface area contributed by atoms with Gasteiger partial charge in [0.2, 0.25) is 0 Å². The van der Waals surface area contributed by atoms with Crippen molar-refractivity contribution in [3.63, 3.8) is 0 Å². The normalized spacial score (nSPS) is 9.31. The molecule has 0 spiro atoms. The van der Waals surface area contributed by atoms with Crippen molar-refractivity contribution in [1.82, 2.24) is 4.98 Å². The van der Waals surface area contributed by atoms with Gasteiger partial charge in [-0.3, -0.25) is 0 Å². The molecule has 0 amide bonds. The summed E-state index contributed by atoms with van der Waals surface area (Å²) in [7, 11) is 0. The van der Waals surface area contributed by atoms with Crippen LogP contribution in [0.3, 0.4) is 0 Å². The van der Waals surface area contributed by atoms with E-state index in [1.807, 2.05) is 6.07 Å². The Labute approximate surface area is 75.5 Å². The van der Waals surface area contributed by atoms with Crippen LogP contribution in [-0.4, -0.2) is 16.1 Å². The van der Waals surface area contributed by atoms with Crippen molar-refractivity contribution in [2.75, 3.05) is 0 Å². The van der Waals surface area contributed by atoms with Gasteiger partial charge in [0.25, 0.3) is 0 Å². The van der Waals surface area contributed by atoms with Gasteiger partial charge in [-0.1, -0.05) is 0 Å². The molecule has 13 heavy (non-hydrogen) atoms. The zero-order valence-corrected chi connectivity index (χ0v) is 7.33. The van der Waals surface area contributed by atoms with Gasteiger partial charge in [-0.05, 0) is 19.9 Å². The number of aromatic carboxylic acids is 1. The summed E-state index contributed by atoms with van der Waals surface area (Å²) < 4.78 is 0. The van der Waals surface area contributed by atoms with E-state index in [9.17, 15) is 4.79 Å². The van der Waals surface area contributed by atoms with Gasteiger partial charge in [-0.15, -0.1) is 0 Å². The molecule has 0 aliphatic carbocycles. The minimum atomic E-state index is -1.03. The van der Waals surface area contributed by atoms with Gasteiger partial charge < -0.3 is 5.11 Å². The monoisotopic (exact) mass is 176 g/mol. The van der Waals surface area contributed by atoms with Crippen LogP contribution in [-0.2, 0) is 0 Å². The average molecular weight is 176 g/mol. The molecule has 0 bridgehead atoms. The van der Waals surface area contributed by atoms with Gasteiger partial charge in [0.15, 0.2) is 0 Å². The molecule has 0 atom stereocenters. The summed E-state index contributed by atoms with van der Waals surface area (Å²) in [5.41, 5.74) is 1.28. The van der Waals surface area contributed by atoms with E-state index >= 15 is 0 Å². The minimum Gasteiger partial charge on any atom is -0.478 e. The molecule has 0 aliphatic heterocycles. The molecule has 1 rings (SSSR count). The molecule has 0 saturated heterocycles. The van der Waals surface area contributed by atoms with Crippen LogP contribution in [0.15, 0.2) is 6.07 Å². The number of aryl methyl sites for hydroxylation is 1. The molecule has 4 nitrogen and oxygen atoms in total. The number of nitriles is 1. The predicted octanol–water partition coefficient (Wildman–Crippen LogP) is 1.27. The summed E-state index contributed by atoms with van der Waals surface area (Å²) in [4.78, 5) is 14.6. The van der Waals surface area contributed by atoms with E-state index in [1.54, 1.807) is 13.8 Å². The van der Waals surface area contributed by atoms with E-state index in [0.29, 0.717) is 11.3 Å². The molecule has 0 radical (unpaired) electrons. The Bertz CT molecular complexity index is 405. The van der Waals surface area contributed by atoms with E-state index in [-0.39, 0.29) is 11.3 Å². The molecule has 0 aliphatic rings. The Kier molecular flexibility index (Phi) is 2.29. The number of hydrogen-bond acceptors (Lipinski definition) is 3. The van der Waals surface area contributed by atoms with Gasteiger partial charge in [-0.2, -0.15) is 5.26 Å². The Morgan fingerprint density at radius 3 is 2.69 bits per heavy atom. The molecule has 1 aromatic rings. The fourth-order valence-corrected chi connectivity index (χ4v) is 1.07. The van der Waals surface area contributed by atoms with Crippen LogP contribution in [0, 0.1) is 25.2 Å². The molecule has 1 heterocycles. The largest absolute Gasteiger partial charge is 0.478 e. The molecule has 1 N–H and O–H groups in total. The summed E-state index contributed by atoms with van der Waals surface area (Å²) in [6.07, 6.45) is 0. The Hall–Kier alpha value is -1.89. The number of carboxylic acid groups (broad SMARTS) is 1. The molecule has 4 heteroatoms. The van der Waals surface area contributed by atoms with Crippen molar-refractivity contribution >= 4 is 5.97 Å². The molecule has 0 aromatic carbocycles. The van der Waals surface area contributed by atoms with Crippen molar-refractivity contribution in [3.8, 4) is 6.07 Å². The maximum Gasteiger partial charge on any atom is 0.336 e. The lowest BCUT2D eigenvalue weighted by atomic mass is 10.1. The van der Waals surface area contributed by atoms with E-state index in [2.05, 4.69) is 4.98 Å². The van der Waals surface area contributed by atoms with Gasteiger partial charge in [-0.25, -0.2) is 9.78 Å². The number of nitrogens with zero attached hydrogens (tertiary/aromatic N) is 2. The van der Waals surface area contributed by atoms with Crippen LogP contribution in [0.4, 0.5) is 0 Å². The van der Waals surface area contributed by atoms with Crippen molar-refractivity contribution in [3.05, 3.63) is 28.6 Å². The first-order chi connectivity index (χ1) is 6.06. The van der Waals surface area contributed by atoms with E-state index in [1.165, 1.54) is 6.07 Å². The summed E-state index contributed by atoms with van der Waals surface area (Å²) in [5.74, 6) is -1.03. The highest BCUT2D eigenvalue weighted by Gasteiger charge is 2.12. The van der Waals surface area contributed by atoms with Gasteiger partial charge in [0.1, 0.15) is 11.8 Å². The molecule has 0 fully saturated rings. The van der Waals surface area contributed by atoms with E-state index in [0.717, 1.165) is 0 Å². The molecule has 66 valence electrons. The first-order valence-corrected chi connectivity index (χ1v) is 3.68. The van der Waals surface area contributed by atoms with Crippen LogP contribution >= 0.6 is 0 Å². The van der Waals surface area contributed by atoms with Crippen molar-refractivity contribution in [1.29, 1.82) is 5.26 Å². The third-order valence-electron chi connectivity index (χ3n) is 1.74. The second-order valence-electron chi connectivity index (χ2n) is 2.70. The van der Waals surface area contributed by atoms with Gasteiger partial charge in [0, 0.05) is 11.3 Å². The fourth-order valence-electron chi connectivity index (χ4n) is 1.07. The van der Waals surface area contributed by atoms with E-state index in [4.69, 9.17) is 10.4 Å². The predicted molar refractivity (Wildman–Crippen MR) is 45.4 cm³/mol. The third-order valence-corrected chi connectivity index (χ3v) is 1.74. The number of rotatable bonds is 1. The lowest BCUT2D eigenvalue weighted by Crippen LogP contribution is -2.04. The lowest BCUT2D eigenvalue weighted by molar-refractivity contribution is 0.0696. The van der Waals surface area contributed by atoms with Crippen LogP contribution < -0.4 is 0 Å². The smallest absolute Gasteiger partial charge is 0.336 e. The lowest BCUT2D eigenvalue weighted by Gasteiger charge is -2.02. The number of carbonyl (C=O) groups is 1. The number of pyridine rings is 1. The summed E-state index contributed by atoms with van der Waals surface area (Å²) >= 11 is 0. The standard InChI is InChI=1S/C9H8N2O2/c1-5-3-7(9(12)13)6(2)8(4-10)11-5/h3H,1-2H3,(H,12,13). The van der Waals surface area contributed by atoms with Crippen molar-refractivity contribution in [2.24, 2.45) is 0 Å². The quantitative estimate of drug-likeness (QED) is 0.699. The van der Waals surface area contributed by atoms with E-state index < -0.39 is 5.97 Å².